The monoisotopic (exact) mass is 233 g/mol. The molecule has 90 valence electrons. The lowest BCUT2D eigenvalue weighted by atomic mass is 10.3. The van der Waals surface area contributed by atoms with Crippen LogP contribution in [0.5, 0.6) is 0 Å². The van der Waals surface area contributed by atoms with Gasteiger partial charge in [0.05, 0.1) is 20.1 Å². The summed E-state index contributed by atoms with van der Waals surface area (Å²) in [6.07, 6.45) is 0. The van der Waals surface area contributed by atoms with Crippen LogP contribution in [-0.2, 0) is 6.54 Å². The number of hydrogen-bond donors (Lipinski definition) is 1. The maximum absolute atomic E-state index is 11.1. The van der Waals surface area contributed by atoms with Crippen molar-refractivity contribution in [2.24, 2.45) is 0 Å². The lowest BCUT2D eigenvalue weighted by Crippen LogP contribution is -3.04. The minimum absolute atomic E-state index is 0.0421. The van der Waals surface area contributed by atoms with Crippen molar-refractivity contribution in [3.05, 3.63) is 35.3 Å². The molecule has 17 heavy (non-hydrogen) atoms. The number of imidazole rings is 1. The molecule has 0 aromatic carbocycles. The van der Waals surface area contributed by atoms with Crippen LogP contribution in [0.15, 0.2) is 18.2 Å². The summed E-state index contributed by atoms with van der Waals surface area (Å²) in [4.78, 5) is 16.3. The first kappa shape index (κ1) is 11.6. The zero-order valence-corrected chi connectivity index (χ0v) is 10.2. The molecule has 0 radical (unpaired) electrons. The van der Waals surface area contributed by atoms with E-state index in [-0.39, 0.29) is 5.69 Å². The molecule has 0 aliphatic rings. The average Bonchev–Trinajstić information content (AvgIpc) is 2.57. The maximum atomic E-state index is 11.1. The Bertz CT molecular complexity index is 572. The molecule has 5 heteroatoms. The summed E-state index contributed by atoms with van der Waals surface area (Å²) in [5.41, 5.74) is 2.36. The van der Waals surface area contributed by atoms with Gasteiger partial charge >= 0.3 is 0 Å². The number of pyridine rings is 1. The minimum Gasteiger partial charge on any atom is -0.543 e. The molecule has 2 aromatic heterocycles. The molecule has 1 N–H and O–H groups in total. The number of nitrogens with one attached hydrogen (secondary N) is 1. The van der Waals surface area contributed by atoms with Crippen molar-refractivity contribution in [1.82, 2.24) is 9.38 Å². The fraction of sp³-hybridized carbons (Fsp3) is 0.333. The van der Waals surface area contributed by atoms with Gasteiger partial charge in [0.15, 0.2) is 0 Å². The maximum Gasteiger partial charge on any atom is 0.138 e. The molecule has 0 fully saturated rings. The van der Waals surface area contributed by atoms with Crippen molar-refractivity contribution < 1.29 is 14.8 Å². The highest BCUT2D eigenvalue weighted by Crippen LogP contribution is 2.14. The zero-order valence-electron chi connectivity index (χ0n) is 10.2. The van der Waals surface area contributed by atoms with E-state index in [1.54, 1.807) is 6.07 Å². The van der Waals surface area contributed by atoms with Crippen LogP contribution in [0.4, 0.5) is 0 Å². The predicted octanol–water partition coefficient (Wildman–Crippen LogP) is -1.35. The quantitative estimate of drug-likeness (QED) is 0.713. The van der Waals surface area contributed by atoms with Gasteiger partial charge < -0.3 is 14.8 Å². The Morgan fingerprint density at radius 2 is 2.18 bits per heavy atom. The van der Waals surface area contributed by atoms with Crippen LogP contribution in [0.1, 0.15) is 21.9 Å². The average molecular weight is 233 g/mol. The molecule has 0 aliphatic heterocycles. The van der Waals surface area contributed by atoms with Crippen molar-refractivity contribution in [3.63, 3.8) is 0 Å². The van der Waals surface area contributed by atoms with Crippen LogP contribution < -0.4 is 10.0 Å². The van der Waals surface area contributed by atoms with E-state index < -0.39 is 5.97 Å². The van der Waals surface area contributed by atoms with E-state index >= 15 is 0 Å². The Labute approximate surface area is 99.3 Å². The summed E-state index contributed by atoms with van der Waals surface area (Å²) in [6, 6.07) is 5.60. The Morgan fingerprint density at radius 1 is 1.47 bits per heavy atom. The largest absolute Gasteiger partial charge is 0.543 e. The van der Waals surface area contributed by atoms with Crippen molar-refractivity contribution in [2.75, 3.05) is 14.1 Å². The number of carboxylic acid groups (broad SMARTS) is 1. The van der Waals surface area contributed by atoms with Gasteiger partial charge in [-0.1, -0.05) is 6.07 Å². The van der Waals surface area contributed by atoms with Crippen LogP contribution in [-0.4, -0.2) is 29.4 Å². The molecule has 2 aromatic rings. The minimum atomic E-state index is -1.22. The smallest absolute Gasteiger partial charge is 0.138 e. The van der Waals surface area contributed by atoms with Gasteiger partial charge in [-0.2, -0.15) is 0 Å². The number of carboxylic acids is 1. The van der Waals surface area contributed by atoms with Crippen LogP contribution in [0, 0.1) is 6.92 Å². The number of carbonyl (C=O) groups is 1. The number of aromatic nitrogens is 2. The van der Waals surface area contributed by atoms with Gasteiger partial charge in [-0.15, -0.1) is 0 Å². The number of fused-ring (bicyclic) bond motifs is 1. The third kappa shape index (κ3) is 2.01. The fourth-order valence-corrected chi connectivity index (χ4v) is 1.99. The number of rotatable bonds is 3. The van der Waals surface area contributed by atoms with Gasteiger partial charge in [0, 0.05) is 5.69 Å². The van der Waals surface area contributed by atoms with Crippen molar-refractivity contribution >= 4 is 11.6 Å². The molecule has 0 saturated heterocycles. The third-order valence-electron chi connectivity index (χ3n) is 2.65. The van der Waals surface area contributed by atoms with Gasteiger partial charge in [-0.05, 0) is 19.1 Å². The Kier molecular flexibility index (Phi) is 2.85. The molecule has 0 saturated carbocycles. The third-order valence-corrected chi connectivity index (χ3v) is 2.65. The first-order chi connectivity index (χ1) is 8.00. The fourth-order valence-electron chi connectivity index (χ4n) is 1.99. The van der Waals surface area contributed by atoms with Crippen molar-refractivity contribution in [3.8, 4) is 0 Å². The lowest BCUT2D eigenvalue weighted by Gasteiger charge is -2.10. The molecule has 0 unspecified atom stereocenters. The summed E-state index contributed by atoms with van der Waals surface area (Å²) in [5.74, 6) is -1.22. The SMILES string of the molecule is Cc1cccc2nc(C(=O)[O-])c(C[NH+](C)C)n12. The molecule has 0 amide bonds. The van der Waals surface area contributed by atoms with E-state index in [0.29, 0.717) is 17.9 Å². The van der Waals surface area contributed by atoms with Gasteiger partial charge in [0.1, 0.15) is 23.6 Å². The summed E-state index contributed by atoms with van der Waals surface area (Å²) < 4.78 is 1.87. The van der Waals surface area contributed by atoms with Crippen molar-refractivity contribution in [2.45, 2.75) is 13.5 Å². The Balaban J connectivity index is 2.73. The van der Waals surface area contributed by atoms with Crippen LogP contribution >= 0.6 is 0 Å². The number of quaternary nitrogens is 1. The van der Waals surface area contributed by atoms with Crippen LogP contribution in [0.3, 0.4) is 0 Å². The van der Waals surface area contributed by atoms with E-state index in [4.69, 9.17) is 0 Å². The number of carbonyl (C=O) groups excluding carboxylic acids is 1. The summed E-state index contributed by atoms with van der Waals surface area (Å²) in [5, 5.41) is 11.1. The standard InChI is InChI=1S/C12H15N3O2/c1-8-5-4-6-10-13-11(12(16)17)9(15(8)10)7-14(2)3/h4-6H,7H2,1-3H3,(H,16,17). The highest BCUT2D eigenvalue weighted by atomic mass is 16.4. The lowest BCUT2D eigenvalue weighted by molar-refractivity contribution is -0.873. The molecule has 0 spiro atoms. The van der Waals surface area contributed by atoms with Gasteiger partial charge in [-0.3, -0.25) is 4.40 Å². The second kappa shape index (κ2) is 4.18. The second-order valence-electron chi connectivity index (χ2n) is 4.44. The molecular formula is C12H15N3O2. The molecule has 2 rings (SSSR count). The normalized spacial score (nSPS) is 11.3. The van der Waals surface area contributed by atoms with E-state index in [9.17, 15) is 9.90 Å². The number of aromatic carboxylic acids is 1. The summed E-state index contributed by atoms with van der Waals surface area (Å²) >= 11 is 0. The number of nitrogens with zero attached hydrogens (tertiary/aromatic N) is 2. The first-order valence-electron chi connectivity index (χ1n) is 5.48. The number of aryl methyl sites for hydroxylation is 1. The highest BCUT2D eigenvalue weighted by Gasteiger charge is 2.16. The molecule has 0 atom stereocenters. The van der Waals surface area contributed by atoms with Gasteiger partial charge in [0.2, 0.25) is 0 Å². The van der Waals surface area contributed by atoms with E-state index in [1.165, 1.54) is 0 Å². The molecular weight excluding hydrogens is 218 g/mol. The number of hydrogen-bond acceptors (Lipinski definition) is 3. The topological polar surface area (TPSA) is 61.9 Å². The molecule has 5 nitrogen and oxygen atoms in total. The second-order valence-corrected chi connectivity index (χ2v) is 4.44. The van der Waals surface area contributed by atoms with E-state index in [1.807, 2.05) is 37.6 Å². The van der Waals surface area contributed by atoms with Crippen LogP contribution in [0.25, 0.3) is 5.65 Å². The van der Waals surface area contributed by atoms with Crippen molar-refractivity contribution in [1.29, 1.82) is 0 Å². The summed E-state index contributed by atoms with van der Waals surface area (Å²) in [6.45, 7) is 2.53. The van der Waals surface area contributed by atoms with E-state index in [2.05, 4.69) is 4.98 Å². The highest BCUT2D eigenvalue weighted by molar-refractivity contribution is 5.86. The molecule has 2 heterocycles. The van der Waals surface area contributed by atoms with Gasteiger partial charge in [-0.25, -0.2) is 4.98 Å². The zero-order chi connectivity index (χ0) is 12.6. The molecule has 0 aliphatic carbocycles. The van der Waals surface area contributed by atoms with E-state index in [0.717, 1.165) is 10.6 Å². The van der Waals surface area contributed by atoms with Crippen LogP contribution in [0.2, 0.25) is 0 Å². The van der Waals surface area contributed by atoms with Gasteiger partial charge in [0.25, 0.3) is 0 Å². The Hall–Kier alpha value is -1.88. The first-order valence-corrected chi connectivity index (χ1v) is 5.48. The summed E-state index contributed by atoms with van der Waals surface area (Å²) in [7, 11) is 3.94. The predicted molar refractivity (Wildman–Crippen MR) is 60.8 cm³/mol. The Morgan fingerprint density at radius 3 is 2.76 bits per heavy atom. The molecule has 0 bridgehead atoms.